The number of hydrogen-bond donors (Lipinski definition) is 0. The summed E-state index contributed by atoms with van der Waals surface area (Å²) >= 11 is -0.206. The van der Waals surface area contributed by atoms with Crippen molar-refractivity contribution >= 4 is 11.9 Å². The fourth-order valence-corrected chi connectivity index (χ4v) is 9.00. The summed E-state index contributed by atoms with van der Waals surface area (Å²) in [5.74, 6) is 0.0385. The predicted molar refractivity (Wildman–Crippen MR) is 95.6 cm³/mol. The quantitative estimate of drug-likeness (QED) is 0.219. The van der Waals surface area contributed by atoms with Gasteiger partial charge in [0.05, 0.1) is 0 Å². The van der Waals surface area contributed by atoms with Crippen molar-refractivity contribution in [3.63, 3.8) is 0 Å². The van der Waals surface area contributed by atoms with Crippen LogP contribution in [0.25, 0.3) is 0 Å². The van der Waals surface area contributed by atoms with E-state index < -0.39 is 11.9 Å². The van der Waals surface area contributed by atoms with Crippen LogP contribution in [-0.4, -0.2) is 20.5 Å². The van der Waals surface area contributed by atoms with Crippen molar-refractivity contribution in [2.45, 2.75) is 44.6 Å². The maximum absolute atomic E-state index is 12.9. The molecule has 1 saturated carbocycles. The van der Waals surface area contributed by atoms with E-state index in [0.717, 1.165) is 12.3 Å². The Morgan fingerprint density at radius 1 is 1.23 bits per heavy atom. The second kappa shape index (κ2) is 6.98. The molecule has 2 bridgehead atoms. The molecule has 1 saturated heterocycles. The van der Waals surface area contributed by atoms with Crippen LogP contribution in [0.3, 0.4) is 0 Å². The molecule has 3 unspecified atom stereocenters. The molecule has 5 heteroatoms. The third kappa shape index (κ3) is 3.19. The van der Waals surface area contributed by atoms with Gasteiger partial charge in [-0.3, -0.25) is 0 Å². The Kier molecular flexibility index (Phi) is 5.21. The Balaban J connectivity index is 1.81. The third-order valence-electron chi connectivity index (χ3n) is 6.29. The van der Waals surface area contributed by atoms with E-state index in [9.17, 15) is 9.59 Å². The molecular formula is C21H26IO4-. The van der Waals surface area contributed by atoms with Gasteiger partial charge in [-0.1, -0.05) is 0 Å². The van der Waals surface area contributed by atoms with E-state index in [4.69, 9.17) is 9.47 Å². The zero-order chi connectivity index (χ0) is 19.1. The summed E-state index contributed by atoms with van der Waals surface area (Å²) in [5, 5.41) is 0. The average Bonchev–Trinajstić information content (AvgIpc) is 2.71. The number of alkyl halides is 2. The first-order valence-corrected chi connectivity index (χ1v) is 11.7. The number of fused-ring (bicyclic) bond motifs is 2. The van der Waals surface area contributed by atoms with Crippen LogP contribution in [-0.2, 0) is 9.53 Å². The molecular weight excluding hydrogens is 443 g/mol. The number of carbonyl (C=O) groups excluding carboxylic acids is 2. The molecule has 1 aromatic rings. The molecule has 0 radical (unpaired) electrons. The number of benzene rings is 1. The van der Waals surface area contributed by atoms with Gasteiger partial charge in [-0.2, -0.15) is 0 Å². The average molecular weight is 469 g/mol. The van der Waals surface area contributed by atoms with Crippen LogP contribution < -0.4 is 25.9 Å². The van der Waals surface area contributed by atoms with Crippen LogP contribution in [0.15, 0.2) is 36.4 Å². The van der Waals surface area contributed by atoms with Crippen molar-refractivity contribution in [1.29, 1.82) is 0 Å². The molecule has 0 amide bonds. The Morgan fingerprint density at radius 3 is 2.62 bits per heavy atom. The molecule has 26 heavy (non-hydrogen) atoms. The predicted octanol–water partition coefficient (Wildman–Crippen LogP) is 1.20. The zero-order valence-corrected chi connectivity index (χ0v) is 18.0. The molecule has 142 valence electrons. The number of esters is 2. The molecule has 1 aromatic carbocycles. The van der Waals surface area contributed by atoms with Crippen LogP contribution in [0.1, 0.15) is 50.9 Å². The molecule has 0 N–H and O–H groups in total. The van der Waals surface area contributed by atoms with Crippen LogP contribution in [0.2, 0.25) is 0 Å². The zero-order valence-electron chi connectivity index (χ0n) is 15.8. The van der Waals surface area contributed by atoms with Crippen molar-refractivity contribution in [2.75, 3.05) is 4.43 Å². The van der Waals surface area contributed by atoms with Gasteiger partial charge in [0.2, 0.25) is 0 Å². The van der Waals surface area contributed by atoms with Gasteiger partial charge >= 0.3 is 166 Å². The van der Waals surface area contributed by atoms with Crippen LogP contribution >= 0.6 is 0 Å². The van der Waals surface area contributed by atoms with E-state index in [-0.39, 0.29) is 47.5 Å². The molecule has 4 nitrogen and oxygen atoms in total. The molecule has 0 aromatic heterocycles. The minimum absolute atomic E-state index is 0.00699. The van der Waals surface area contributed by atoms with E-state index in [0.29, 0.717) is 5.56 Å². The summed E-state index contributed by atoms with van der Waals surface area (Å²) in [6.45, 7) is 12.1. The van der Waals surface area contributed by atoms with Crippen LogP contribution in [0.4, 0.5) is 0 Å². The van der Waals surface area contributed by atoms with Gasteiger partial charge in [-0.05, 0) is 0 Å². The number of halogens is 1. The van der Waals surface area contributed by atoms with E-state index in [2.05, 4.69) is 27.4 Å². The summed E-state index contributed by atoms with van der Waals surface area (Å²) in [7, 11) is 0. The topological polar surface area (TPSA) is 52.6 Å². The van der Waals surface area contributed by atoms with Crippen molar-refractivity contribution in [1.82, 2.24) is 0 Å². The molecule has 1 aliphatic carbocycles. The summed E-state index contributed by atoms with van der Waals surface area (Å²) in [5.41, 5.74) is 0.800. The van der Waals surface area contributed by atoms with E-state index in [1.165, 1.54) is 10.8 Å². The Morgan fingerprint density at radius 2 is 1.92 bits per heavy atom. The molecule has 3 rings (SSSR count). The van der Waals surface area contributed by atoms with Crippen molar-refractivity contribution in [3.05, 3.63) is 42.0 Å². The normalized spacial score (nSPS) is 29.4. The first-order chi connectivity index (χ1) is 12.2. The summed E-state index contributed by atoms with van der Waals surface area (Å²) in [4.78, 5) is 24.7. The number of ether oxygens (including phenoxy) is 2. The first-order valence-electron chi connectivity index (χ1n) is 8.92. The van der Waals surface area contributed by atoms with Gasteiger partial charge in [0.25, 0.3) is 0 Å². The fraction of sp³-hybridized carbons (Fsp3) is 0.524. The Hall–Kier alpha value is -1.37. The number of rotatable bonds is 4. The molecule has 0 spiro atoms. The number of para-hydroxylation sites is 1. The van der Waals surface area contributed by atoms with Crippen molar-refractivity contribution < 1.29 is 40.3 Å². The van der Waals surface area contributed by atoms with Crippen LogP contribution in [0, 0.1) is 16.7 Å². The summed E-state index contributed by atoms with van der Waals surface area (Å²) in [6.07, 6.45) is 2.33. The van der Waals surface area contributed by atoms with Crippen molar-refractivity contribution in [3.8, 4) is 5.75 Å². The van der Waals surface area contributed by atoms with Gasteiger partial charge in [0, 0.05) is 0 Å². The Bertz CT molecular complexity index is 754. The first kappa shape index (κ1) is 19.4. The maximum atomic E-state index is 12.9. The molecule has 1 heterocycles. The molecule has 2 fully saturated rings. The summed E-state index contributed by atoms with van der Waals surface area (Å²) in [6, 6.07) is 6.75. The number of hydrogen-bond acceptors (Lipinski definition) is 4. The van der Waals surface area contributed by atoms with E-state index >= 15 is 0 Å². The molecule has 3 atom stereocenters. The second-order valence-corrected chi connectivity index (χ2v) is 11.0. The van der Waals surface area contributed by atoms with E-state index in [1.54, 1.807) is 31.2 Å². The SMILES string of the molecule is C=C(C)C(=O)Oc1ccccc1C(=O)OC1[I-]CC2CCC1(C)C2(C)C. The third-order valence-corrected chi connectivity index (χ3v) is 10.3. The van der Waals surface area contributed by atoms with Crippen molar-refractivity contribution in [2.24, 2.45) is 16.7 Å². The van der Waals surface area contributed by atoms with Gasteiger partial charge in [-0.25, -0.2) is 0 Å². The van der Waals surface area contributed by atoms with Gasteiger partial charge in [-0.15, -0.1) is 0 Å². The fourth-order valence-electron chi connectivity index (χ4n) is 3.89. The minimum atomic E-state index is -0.540. The summed E-state index contributed by atoms with van der Waals surface area (Å²) < 4.78 is 12.5. The van der Waals surface area contributed by atoms with Gasteiger partial charge in [0.1, 0.15) is 0 Å². The van der Waals surface area contributed by atoms with Gasteiger partial charge in [0.15, 0.2) is 0 Å². The van der Waals surface area contributed by atoms with Crippen LogP contribution in [0.5, 0.6) is 5.75 Å². The Labute approximate surface area is 165 Å². The molecule has 2 aliphatic rings. The second-order valence-electron chi connectivity index (χ2n) is 8.07. The standard InChI is InChI=1S/C21H26IO4/c1-13(2)17(23)25-16-9-7-6-8-15(16)18(24)26-19-21(5)11-10-14(12-22-19)20(21,3)4/h6-9,14,19H,1,10-12H2,2-5H3/q-1. The van der Waals surface area contributed by atoms with Gasteiger partial charge < -0.3 is 0 Å². The monoisotopic (exact) mass is 469 g/mol. The number of carbonyl (C=O) groups is 2. The van der Waals surface area contributed by atoms with E-state index in [1.807, 2.05) is 0 Å². The molecule has 1 aliphatic heterocycles.